The third-order valence-electron chi connectivity index (χ3n) is 12.3. The van der Waals surface area contributed by atoms with Gasteiger partial charge < -0.3 is 9.13 Å². The fourth-order valence-corrected chi connectivity index (χ4v) is 9.51. The van der Waals surface area contributed by atoms with Gasteiger partial charge in [-0.3, -0.25) is 0 Å². The molecule has 9 aromatic carbocycles. The van der Waals surface area contributed by atoms with Crippen molar-refractivity contribution in [2.75, 3.05) is 0 Å². The second-order valence-electron chi connectivity index (χ2n) is 15.9. The van der Waals surface area contributed by atoms with E-state index in [0.29, 0.717) is 0 Å². The Balaban J connectivity index is 1.01. The van der Waals surface area contributed by atoms with Gasteiger partial charge in [-0.05, 0) is 88.5 Å². The molecule has 3 heteroatoms. The minimum atomic E-state index is 0.954. The van der Waals surface area contributed by atoms with Crippen LogP contribution in [-0.2, 0) is 0 Å². The SMILES string of the molecule is c1ccc(-c2cc(-c3ccccc3-c3ccc4c(c3)c3ccccc3n4-c3cccc(-c4cccc5c6ccccc6n(-c6ccccc6)c45)c3)cc(-c3ccccc3)n2)cc1. The molecule has 0 N–H and O–H groups in total. The molecule has 0 aliphatic heterocycles. The number of nitrogens with zero attached hydrogens (tertiary/aromatic N) is 3. The standard InChI is InChI=1S/C59H39N3/c1-4-18-40(19-5-1)54-38-44(39-55(60-54)41-20-6-2-7-21-41)48-27-11-10-26-47(48)43-34-35-58-53(37-43)51-29-13-14-32-56(51)61(58)46-25-16-22-42(36-46)49-30-17-31-52-50-28-12-15-33-57(50)62(59(49)52)45-23-8-3-9-24-45/h1-39H. The van der Waals surface area contributed by atoms with Gasteiger partial charge in [0.2, 0.25) is 0 Å². The van der Waals surface area contributed by atoms with Crippen LogP contribution >= 0.6 is 0 Å². The molecule has 0 radical (unpaired) electrons. The lowest BCUT2D eigenvalue weighted by Crippen LogP contribution is -1.97. The van der Waals surface area contributed by atoms with E-state index in [9.17, 15) is 0 Å². The highest BCUT2D eigenvalue weighted by Gasteiger charge is 2.19. The van der Waals surface area contributed by atoms with Gasteiger partial charge in [0.1, 0.15) is 0 Å². The molecule has 3 nitrogen and oxygen atoms in total. The molecule has 62 heavy (non-hydrogen) atoms. The molecule has 0 unspecified atom stereocenters. The van der Waals surface area contributed by atoms with E-state index in [1.807, 2.05) is 0 Å². The van der Waals surface area contributed by atoms with Crippen LogP contribution in [0.1, 0.15) is 0 Å². The summed E-state index contributed by atoms with van der Waals surface area (Å²) in [5.74, 6) is 0. The Morgan fingerprint density at radius 3 is 1.42 bits per heavy atom. The van der Waals surface area contributed by atoms with Crippen molar-refractivity contribution < 1.29 is 0 Å². The summed E-state index contributed by atoms with van der Waals surface area (Å²) in [6.07, 6.45) is 0. The zero-order chi connectivity index (χ0) is 41.0. The van der Waals surface area contributed by atoms with Crippen molar-refractivity contribution in [2.45, 2.75) is 0 Å². The highest BCUT2D eigenvalue weighted by Crippen LogP contribution is 2.42. The van der Waals surface area contributed by atoms with Gasteiger partial charge in [-0.25, -0.2) is 4.98 Å². The quantitative estimate of drug-likeness (QED) is 0.158. The number of pyridine rings is 1. The van der Waals surface area contributed by atoms with E-state index in [0.717, 1.165) is 39.5 Å². The number of para-hydroxylation sites is 4. The van der Waals surface area contributed by atoms with Crippen LogP contribution in [0.3, 0.4) is 0 Å². The van der Waals surface area contributed by atoms with Gasteiger partial charge in [0.15, 0.2) is 0 Å². The summed E-state index contributed by atoms with van der Waals surface area (Å²) in [6, 6.07) is 85.2. The predicted octanol–water partition coefficient (Wildman–Crippen LogP) is 15.6. The van der Waals surface area contributed by atoms with Gasteiger partial charge >= 0.3 is 0 Å². The monoisotopic (exact) mass is 789 g/mol. The average Bonchev–Trinajstić information content (AvgIpc) is 3.87. The second-order valence-corrected chi connectivity index (χ2v) is 15.9. The molecule has 0 atom stereocenters. The summed E-state index contributed by atoms with van der Waals surface area (Å²) >= 11 is 0. The molecule has 0 aliphatic carbocycles. The Hall–Kier alpha value is -8.27. The Morgan fingerprint density at radius 2 is 0.726 bits per heavy atom. The molecule has 0 spiro atoms. The van der Waals surface area contributed by atoms with Crippen molar-refractivity contribution in [1.29, 1.82) is 0 Å². The fourth-order valence-electron chi connectivity index (χ4n) is 9.51. The summed E-state index contributed by atoms with van der Waals surface area (Å²) in [5, 5.41) is 4.94. The minimum absolute atomic E-state index is 0.954. The molecular weight excluding hydrogens is 751 g/mol. The highest BCUT2D eigenvalue weighted by atomic mass is 15.0. The molecule has 0 aliphatic rings. The Kier molecular flexibility index (Phi) is 8.50. The minimum Gasteiger partial charge on any atom is -0.309 e. The van der Waals surface area contributed by atoms with Gasteiger partial charge in [0, 0.05) is 49.6 Å². The lowest BCUT2D eigenvalue weighted by atomic mass is 9.92. The predicted molar refractivity (Wildman–Crippen MR) is 260 cm³/mol. The van der Waals surface area contributed by atoms with Gasteiger partial charge in [-0.2, -0.15) is 0 Å². The number of hydrogen-bond acceptors (Lipinski definition) is 1. The van der Waals surface area contributed by atoms with E-state index in [2.05, 4.69) is 246 Å². The summed E-state index contributed by atoms with van der Waals surface area (Å²) in [7, 11) is 0. The van der Waals surface area contributed by atoms with Crippen molar-refractivity contribution >= 4 is 43.6 Å². The van der Waals surface area contributed by atoms with Crippen LogP contribution in [-0.4, -0.2) is 14.1 Å². The van der Waals surface area contributed by atoms with Gasteiger partial charge in [0.25, 0.3) is 0 Å². The van der Waals surface area contributed by atoms with E-state index in [1.165, 1.54) is 71.4 Å². The summed E-state index contributed by atoms with van der Waals surface area (Å²) < 4.78 is 4.85. The topological polar surface area (TPSA) is 22.8 Å². The second kappa shape index (κ2) is 14.8. The summed E-state index contributed by atoms with van der Waals surface area (Å²) in [4.78, 5) is 5.17. The average molecular weight is 790 g/mol. The lowest BCUT2D eigenvalue weighted by molar-refractivity contribution is 1.17. The molecule has 12 aromatic rings. The van der Waals surface area contributed by atoms with Gasteiger partial charge in [-0.15, -0.1) is 0 Å². The first-order chi connectivity index (χ1) is 30.8. The number of benzene rings is 9. The maximum absolute atomic E-state index is 5.17. The number of aromatic nitrogens is 3. The van der Waals surface area contributed by atoms with Crippen molar-refractivity contribution in [1.82, 2.24) is 14.1 Å². The number of hydrogen-bond donors (Lipinski definition) is 0. The van der Waals surface area contributed by atoms with Gasteiger partial charge in [-0.1, -0.05) is 176 Å². The zero-order valence-electron chi connectivity index (χ0n) is 33.9. The Bertz CT molecular complexity index is 3560. The van der Waals surface area contributed by atoms with Crippen LogP contribution in [0.15, 0.2) is 237 Å². The molecule has 0 bridgehead atoms. The van der Waals surface area contributed by atoms with Crippen LogP contribution in [0.25, 0.3) is 111 Å². The molecule has 0 saturated heterocycles. The normalized spacial score (nSPS) is 11.5. The molecule has 0 saturated carbocycles. The Labute approximate surface area is 360 Å². The fraction of sp³-hybridized carbons (Fsp3) is 0. The maximum Gasteiger partial charge on any atom is 0.0715 e. The van der Waals surface area contributed by atoms with E-state index in [1.54, 1.807) is 0 Å². The van der Waals surface area contributed by atoms with Crippen molar-refractivity contribution in [3.05, 3.63) is 237 Å². The van der Waals surface area contributed by atoms with Crippen LogP contribution in [0.2, 0.25) is 0 Å². The van der Waals surface area contributed by atoms with E-state index >= 15 is 0 Å². The number of fused-ring (bicyclic) bond motifs is 6. The Morgan fingerprint density at radius 1 is 0.258 bits per heavy atom. The van der Waals surface area contributed by atoms with Crippen molar-refractivity contribution in [3.63, 3.8) is 0 Å². The third kappa shape index (κ3) is 5.94. The van der Waals surface area contributed by atoms with Crippen LogP contribution in [0.5, 0.6) is 0 Å². The molecule has 290 valence electrons. The third-order valence-corrected chi connectivity index (χ3v) is 12.3. The first-order valence-corrected chi connectivity index (χ1v) is 21.2. The number of rotatable bonds is 7. The molecular formula is C59H39N3. The van der Waals surface area contributed by atoms with E-state index in [-0.39, 0.29) is 0 Å². The molecule has 0 amide bonds. The zero-order valence-corrected chi connectivity index (χ0v) is 33.9. The smallest absolute Gasteiger partial charge is 0.0715 e. The van der Waals surface area contributed by atoms with Crippen LogP contribution in [0.4, 0.5) is 0 Å². The van der Waals surface area contributed by atoms with Crippen molar-refractivity contribution in [3.8, 4) is 67.3 Å². The van der Waals surface area contributed by atoms with Crippen LogP contribution < -0.4 is 0 Å². The molecule has 3 heterocycles. The molecule has 3 aromatic heterocycles. The van der Waals surface area contributed by atoms with E-state index < -0.39 is 0 Å². The summed E-state index contributed by atoms with van der Waals surface area (Å²) in [5.41, 5.74) is 18.2. The molecule has 0 fully saturated rings. The highest BCUT2D eigenvalue weighted by molar-refractivity contribution is 6.14. The van der Waals surface area contributed by atoms with Crippen molar-refractivity contribution in [2.24, 2.45) is 0 Å². The first-order valence-electron chi connectivity index (χ1n) is 21.2. The maximum atomic E-state index is 5.17. The summed E-state index contributed by atoms with van der Waals surface area (Å²) in [6.45, 7) is 0. The first kappa shape index (κ1) is 35.7. The van der Waals surface area contributed by atoms with Crippen LogP contribution in [0, 0.1) is 0 Å². The lowest BCUT2D eigenvalue weighted by Gasteiger charge is -2.15. The molecule has 12 rings (SSSR count). The largest absolute Gasteiger partial charge is 0.309 e. The van der Waals surface area contributed by atoms with E-state index in [4.69, 9.17) is 4.98 Å². The van der Waals surface area contributed by atoms with Gasteiger partial charge in [0.05, 0.1) is 33.5 Å².